The van der Waals surface area contributed by atoms with Gasteiger partial charge < -0.3 is 48.1 Å². The van der Waals surface area contributed by atoms with Crippen molar-refractivity contribution in [3.8, 4) is 0 Å². The summed E-state index contributed by atoms with van der Waals surface area (Å²) in [5.74, 6) is -3.24. The largest absolute Gasteiger partial charge is 0.463 e. The van der Waals surface area contributed by atoms with Gasteiger partial charge in [0.2, 0.25) is 0 Å². The lowest BCUT2D eigenvalue weighted by Gasteiger charge is -2.47. The molecule has 0 radical (unpaired) electrons. The van der Waals surface area contributed by atoms with E-state index in [1.54, 1.807) is 38.1 Å². The van der Waals surface area contributed by atoms with Crippen LogP contribution in [0.1, 0.15) is 104 Å². The summed E-state index contributed by atoms with van der Waals surface area (Å²) in [6.45, 7) is 7.34. The number of aliphatic hydroxyl groups is 2. The second-order valence-electron chi connectivity index (χ2n) is 14.6. The number of rotatable bonds is 8. The lowest BCUT2D eigenvalue weighted by Crippen LogP contribution is -2.65. The molecule has 15 heteroatoms. The van der Waals surface area contributed by atoms with E-state index in [0.29, 0.717) is 31.2 Å². The Kier molecular flexibility index (Phi) is 18.3. The van der Waals surface area contributed by atoms with Crippen molar-refractivity contribution in [1.82, 2.24) is 0 Å². The molecule has 3 aliphatic heterocycles. The topological polar surface area (TPSA) is 200 Å². The Hall–Kier alpha value is -3.99. The van der Waals surface area contributed by atoms with Crippen LogP contribution in [-0.2, 0) is 61.9 Å². The molecule has 0 amide bonds. The van der Waals surface area contributed by atoms with Crippen molar-refractivity contribution in [2.75, 3.05) is 6.61 Å². The van der Waals surface area contributed by atoms with Crippen LogP contribution in [0.2, 0.25) is 0 Å². The number of carbonyl (C=O) groups is 5. The van der Waals surface area contributed by atoms with Gasteiger partial charge in [-0.2, -0.15) is 0 Å². The van der Waals surface area contributed by atoms with Gasteiger partial charge in [0.1, 0.15) is 36.8 Å². The third-order valence-electron chi connectivity index (χ3n) is 10.1. The molecule has 0 saturated carbocycles. The smallest absolute Gasteiger partial charge is 0.333 e. The summed E-state index contributed by atoms with van der Waals surface area (Å²) in [6.07, 6.45) is -5.55. The number of hydrogen-bond donors (Lipinski definition) is 2. The highest BCUT2D eigenvalue weighted by Gasteiger charge is 2.55. The number of cyclic esters (lactones) is 1. The fourth-order valence-electron chi connectivity index (χ4n) is 6.87. The van der Waals surface area contributed by atoms with Crippen LogP contribution in [0.25, 0.3) is 6.08 Å². The lowest BCUT2D eigenvalue weighted by molar-refractivity contribution is -0.369. The number of esters is 4. The van der Waals surface area contributed by atoms with E-state index in [0.717, 1.165) is 31.8 Å². The van der Waals surface area contributed by atoms with Gasteiger partial charge in [-0.1, -0.05) is 69.0 Å². The summed E-state index contributed by atoms with van der Waals surface area (Å²) in [7, 11) is 0. The molecule has 2 bridgehead atoms. The van der Waals surface area contributed by atoms with E-state index in [-0.39, 0.29) is 30.3 Å². The molecule has 3 fully saturated rings. The molecular formula is C42H58O15. The molecule has 1 aromatic rings. The summed E-state index contributed by atoms with van der Waals surface area (Å²) >= 11 is 0. The first kappa shape index (κ1) is 45.7. The Morgan fingerprint density at radius 1 is 0.825 bits per heavy atom. The van der Waals surface area contributed by atoms with E-state index in [1.807, 2.05) is 13.0 Å². The van der Waals surface area contributed by atoms with E-state index in [4.69, 9.17) is 37.9 Å². The Balaban J connectivity index is 1.74. The van der Waals surface area contributed by atoms with E-state index in [1.165, 1.54) is 26.0 Å². The average Bonchev–Trinajstić information content (AvgIpc) is 3.18. The average molecular weight is 803 g/mol. The van der Waals surface area contributed by atoms with Crippen molar-refractivity contribution in [2.45, 2.75) is 166 Å². The van der Waals surface area contributed by atoms with Crippen LogP contribution in [0.5, 0.6) is 0 Å². The highest BCUT2D eigenvalue weighted by Crippen LogP contribution is 2.34. The third kappa shape index (κ3) is 13.8. The molecule has 1 aromatic carbocycles. The number of hydrogen-bond acceptors (Lipinski definition) is 15. The second-order valence-corrected chi connectivity index (χ2v) is 14.6. The van der Waals surface area contributed by atoms with Crippen molar-refractivity contribution in [3.63, 3.8) is 0 Å². The summed E-state index contributed by atoms with van der Waals surface area (Å²) < 4.78 is 47.7. The third-order valence-corrected chi connectivity index (χ3v) is 10.1. The molecule has 3 aliphatic rings. The summed E-state index contributed by atoms with van der Waals surface area (Å²) in [4.78, 5) is 64.2. The number of ether oxygens (including phenoxy) is 8. The summed E-state index contributed by atoms with van der Waals surface area (Å²) in [6, 6.07) is 8.91. The molecule has 0 aromatic heterocycles. The van der Waals surface area contributed by atoms with Crippen LogP contribution in [0.15, 0.2) is 48.1 Å². The number of ketones is 1. The molecule has 11 atom stereocenters. The predicted octanol–water partition coefficient (Wildman–Crippen LogP) is 4.43. The van der Waals surface area contributed by atoms with E-state index in [9.17, 15) is 34.2 Å². The molecule has 2 N–H and O–H groups in total. The number of Topliss-reactive ketones (excluding diaryl/α,β-unsaturated/α-hetero) is 1. The first-order chi connectivity index (χ1) is 27.3. The van der Waals surface area contributed by atoms with Crippen LogP contribution in [0, 0.1) is 0 Å². The van der Waals surface area contributed by atoms with Crippen LogP contribution in [0.4, 0.5) is 0 Å². The first-order valence-electron chi connectivity index (χ1n) is 19.9. The zero-order chi connectivity index (χ0) is 41.5. The molecular weight excluding hydrogens is 744 g/mol. The number of carbonyl (C=O) groups excluding carboxylic acids is 5. The van der Waals surface area contributed by atoms with Gasteiger partial charge in [-0.3, -0.25) is 14.4 Å². The number of allylic oxidation sites excluding steroid dienone is 1. The Morgan fingerprint density at radius 3 is 2.26 bits per heavy atom. The monoisotopic (exact) mass is 802 g/mol. The highest BCUT2D eigenvalue weighted by molar-refractivity contribution is 5.88. The van der Waals surface area contributed by atoms with Crippen LogP contribution in [-0.4, -0.2) is 114 Å². The normalized spacial score (nSPS) is 32.7. The molecule has 0 unspecified atom stereocenters. The molecule has 3 saturated heterocycles. The van der Waals surface area contributed by atoms with Crippen LogP contribution < -0.4 is 0 Å². The van der Waals surface area contributed by atoms with Gasteiger partial charge in [0.05, 0.1) is 18.6 Å². The number of aliphatic hydroxyl groups excluding tert-OH is 2. The van der Waals surface area contributed by atoms with Crippen molar-refractivity contribution >= 4 is 35.7 Å². The Labute approximate surface area is 333 Å². The van der Waals surface area contributed by atoms with Crippen molar-refractivity contribution in [3.05, 3.63) is 53.6 Å². The zero-order valence-electron chi connectivity index (χ0n) is 33.4. The fourth-order valence-corrected chi connectivity index (χ4v) is 6.87. The second kappa shape index (κ2) is 22.8. The minimum absolute atomic E-state index is 0.0321. The first-order valence-corrected chi connectivity index (χ1v) is 19.9. The predicted molar refractivity (Wildman–Crippen MR) is 203 cm³/mol. The lowest BCUT2D eigenvalue weighted by atomic mass is 9.96. The standard InChI is InChI=1S/C42H58O15/c1-6-15-30-19-14-9-8-13-18-29(44)21-23-32(45)50-24-31-37(55-33(46)22-20-28-16-11-10-12-17-28)38(56-40(49)25(3)7-2)35(48)41(54-31)57-39-34(47)36(52-27(5)43)26(4)51-42(39)53-30/h7,10-12,16-17,20,22,26,30-31,34-39,41-42,47-48H,6,8-9,13-15,18-19,21,23-24H2,1-5H3/b22-20+,25-7+/t26-,30+,31-,34+,35-,36+,37-,38-,39-,41+,42+/m1/s1. The molecule has 57 heavy (non-hydrogen) atoms. The van der Waals surface area contributed by atoms with E-state index < -0.39 is 91.9 Å². The summed E-state index contributed by atoms with van der Waals surface area (Å²) in [5, 5.41) is 23.6. The minimum Gasteiger partial charge on any atom is -0.463 e. The van der Waals surface area contributed by atoms with Gasteiger partial charge in [-0.05, 0) is 51.7 Å². The van der Waals surface area contributed by atoms with Gasteiger partial charge in [0.25, 0.3) is 0 Å². The Morgan fingerprint density at radius 2 is 1.56 bits per heavy atom. The fraction of sp³-hybridized carbons (Fsp3) is 0.643. The Bertz CT molecular complexity index is 1540. The minimum atomic E-state index is -1.87. The van der Waals surface area contributed by atoms with E-state index in [2.05, 4.69) is 0 Å². The quantitative estimate of drug-likeness (QED) is 0.212. The zero-order valence-corrected chi connectivity index (χ0v) is 33.4. The van der Waals surface area contributed by atoms with Gasteiger partial charge in [0, 0.05) is 31.4 Å². The highest BCUT2D eigenvalue weighted by atomic mass is 16.8. The van der Waals surface area contributed by atoms with Crippen molar-refractivity contribution in [2.24, 2.45) is 0 Å². The summed E-state index contributed by atoms with van der Waals surface area (Å²) in [5.41, 5.74) is 0.860. The van der Waals surface area contributed by atoms with Crippen molar-refractivity contribution < 1.29 is 72.1 Å². The van der Waals surface area contributed by atoms with Gasteiger partial charge in [-0.15, -0.1) is 0 Å². The maximum absolute atomic E-state index is 13.3. The molecule has 0 aliphatic carbocycles. The maximum atomic E-state index is 13.3. The molecule has 15 nitrogen and oxygen atoms in total. The number of fused-ring (bicyclic) bond motifs is 3. The SMILES string of the molecule is C/C=C(\C)C(=O)O[C@@H]1[C@@H](O)[C@@H]2O[C@H]3[C@H](O[C@@H](CCC)CCCCCCC(=O)CCC(=O)OC[C@@H](O2)[C@H]1OC(=O)/C=C/c1ccccc1)O[C@H](C)[C@H](OC(C)=O)[C@@H]3O. The van der Waals surface area contributed by atoms with Gasteiger partial charge >= 0.3 is 23.9 Å². The van der Waals surface area contributed by atoms with Crippen molar-refractivity contribution in [1.29, 1.82) is 0 Å². The molecule has 3 heterocycles. The molecule has 4 rings (SSSR count). The van der Waals surface area contributed by atoms with Gasteiger partial charge in [0.15, 0.2) is 30.9 Å². The molecule has 316 valence electrons. The molecule has 0 spiro atoms. The van der Waals surface area contributed by atoms with Crippen LogP contribution in [0.3, 0.4) is 0 Å². The van der Waals surface area contributed by atoms with E-state index >= 15 is 0 Å². The van der Waals surface area contributed by atoms with Crippen LogP contribution >= 0.6 is 0 Å². The maximum Gasteiger partial charge on any atom is 0.333 e. The number of benzene rings is 1. The van der Waals surface area contributed by atoms with Gasteiger partial charge in [-0.25, -0.2) is 9.59 Å².